The molecular formula is C25H29N5O6S2. The van der Waals surface area contributed by atoms with Crippen LogP contribution in [0.2, 0.25) is 0 Å². The third-order valence-electron chi connectivity index (χ3n) is 5.10. The van der Waals surface area contributed by atoms with Crippen LogP contribution < -0.4 is 29.6 Å². The molecule has 1 heterocycles. The molecule has 3 N–H and O–H groups in total. The van der Waals surface area contributed by atoms with Crippen LogP contribution in [-0.2, 0) is 10.0 Å². The second kappa shape index (κ2) is 13.5. The summed E-state index contributed by atoms with van der Waals surface area (Å²) in [6.45, 7) is 2.76. The summed E-state index contributed by atoms with van der Waals surface area (Å²) in [7, 11) is -1.23. The number of sulfonamides is 1. The molecule has 0 saturated heterocycles. The van der Waals surface area contributed by atoms with Crippen LogP contribution in [0.4, 0.5) is 11.5 Å². The lowest BCUT2D eigenvalue weighted by molar-refractivity contribution is 0.0977. The smallest absolute Gasteiger partial charge is 0.321 e. The summed E-state index contributed by atoms with van der Waals surface area (Å²) in [6.07, 6.45) is 3.20. The molecule has 3 aromatic rings. The first-order chi connectivity index (χ1) is 18.2. The number of thiocarbonyl (C=S) groups is 1. The van der Waals surface area contributed by atoms with E-state index in [1.54, 1.807) is 24.3 Å². The normalized spacial score (nSPS) is 10.8. The number of amides is 1. The predicted molar refractivity (Wildman–Crippen MR) is 148 cm³/mol. The number of hydrogen-bond donors (Lipinski definition) is 3. The number of anilines is 2. The van der Waals surface area contributed by atoms with Crippen LogP contribution in [0, 0.1) is 0 Å². The third-order valence-corrected chi connectivity index (χ3v) is 6.67. The average molecular weight is 560 g/mol. The van der Waals surface area contributed by atoms with E-state index in [4.69, 9.17) is 26.4 Å². The van der Waals surface area contributed by atoms with E-state index in [0.29, 0.717) is 23.6 Å². The van der Waals surface area contributed by atoms with E-state index in [9.17, 15) is 13.2 Å². The number of methoxy groups -OCH3 is 2. The van der Waals surface area contributed by atoms with Gasteiger partial charge in [-0.1, -0.05) is 19.8 Å². The molecule has 202 valence electrons. The molecule has 38 heavy (non-hydrogen) atoms. The van der Waals surface area contributed by atoms with E-state index in [1.165, 1.54) is 44.6 Å². The van der Waals surface area contributed by atoms with Gasteiger partial charge < -0.3 is 19.5 Å². The molecule has 1 aromatic heterocycles. The summed E-state index contributed by atoms with van der Waals surface area (Å²) in [5.41, 5.74) is 0.899. The van der Waals surface area contributed by atoms with E-state index in [0.717, 1.165) is 19.3 Å². The van der Waals surface area contributed by atoms with Crippen LogP contribution in [0.5, 0.6) is 17.6 Å². The molecule has 1 amide bonds. The van der Waals surface area contributed by atoms with Gasteiger partial charge in [-0.05, 0) is 67.2 Å². The van der Waals surface area contributed by atoms with E-state index >= 15 is 0 Å². The van der Waals surface area contributed by atoms with Crippen LogP contribution in [0.1, 0.15) is 36.5 Å². The van der Waals surface area contributed by atoms with Gasteiger partial charge in [0, 0.05) is 17.3 Å². The Morgan fingerprint density at radius 1 is 0.974 bits per heavy atom. The molecule has 0 saturated carbocycles. The molecule has 0 aliphatic rings. The number of unbranched alkanes of at least 4 members (excludes halogenated alkanes) is 2. The van der Waals surface area contributed by atoms with E-state index in [-0.39, 0.29) is 33.6 Å². The highest BCUT2D eigenvalue weighted by molar-refractivity contribution is 7.92. The fraction of sp³-hybridized carbons (Fsp3) is 0.280. The van der Waals surface area contributed by atoms with Gasteiger partial charge in [0.1, 0.15) is 5.75 Å². The highest BCUT2D eigenvalue weighted by atomic mass is 32.2. The largest absolute Gasteiger partial charge is 0.494 e. The summed E-state index contributed by atoms with van der Waals surface area (Å²) < 4.78 is 43.6. The molecule has 13 heteroatoms. The van der Waals surface area contributed by atoms with Crippen LogP contribution in [0.3, 0.4) is 0 Å². The van der Waals surface area contributed by atoms with Crippen LogP contribution in [0.15, 0.2) is 59.5 Å². The third kappa shape index (κ3) is 8.28. The SMILES string of the molecule is CCCCCOc1ccc(C(=O)NC(=S)Nc2ccc(S(=O)(=O)Nc3cc(OC)nc(OC)n3)cc2)cc1. The highest BCUT2D eigenvalue weighted by Crippen LogP contribution is 2.21. The van der Waals surface area contributed by atoms with Crippen molar-refractivity contribution in [1.82, 2.24) is 15.3 Å². The highest BCUT2D eigenvalue weighted by Gasteiger charge is 2.17. The monoisotopic (exact) mass is 559 g/mol. The zero-order valence-electron chi connectivity index (χ0n) is 21.2. The predicted octanol–water partition coefficient (Wildman–Crippen LogP) is 3.99. The Hall–Kier alpha value is -3.97. The van der Waals surface area contributed by atoms with Gasteiger partial charge in [0.15, 0.2) is 10.9 Å². The van der Waals surface area contributed by atoms with Gasteiger partial charge in [-0.2, -0.15) is 9.97 Å². The molecule has 0 aliphatic heterocycles. The number of benzene rings is 2. The van der Waals surface area contributed by atoms with Crippen molar-refractivity contribution in [3.8, 4) is 17.6 Å². The number of nitrogens with one attached hydrogen (secondary N) is 3. The fourth-order valence-corrected chi connectivity index (χ4v) is 4.35. The molecule has 0 aliphatic carbocycles. The van der Waals surface area contributed by atoms with E-state index in [2.05, 4.69) is 32.2 Å². The molecule has 0 bridgehead atoms. The van der Waals surface area contributed by atoms with Crippen molar-refractivity contribution in [2.45, 2.75) is 31.1 Å². The summed E-state index contributed by atoms with van der Waals surface area (Å²) >= 11 is 5.22. The molecule has 0 fully saturated rings. The Morgan fingerprint density at radius 3 is 2.32 bits per heavy atom. The van der Waals surface area contributed by atoms with Crippen molar-refractivity contribution >= 4 is 44.8 Å². The number of rotatable bonds is 12. The zero-order valence-corrected chi connectivity index (χ0v) is 22.8. The Balaban J connectivity index is 1.56. The summed E-state index contributed by atoms with van der Waals surface area (Å²) in [6, 6.07) is 13.8. The Morgan fingerprint density at radius 2 is 1.68 bits per heavy atom. The van der Waals surface area contributed by atoms with Crippen molar-refractivity contribution in [2.75, 3.05) is 30.9 Å². The second-order valence-corrected chi connectivity index (χ2v) is 9.99. The van der Waals surface area contributed by atoms with Crippen molar-refractivity contribution in [3.63, 3.8) is 0 Å². The van der Waals surface area contributed by atoms with E-state index < -0.39 is 10.0 Å². The standard InChI is InChI=1S/C25H29N5O6S2/c1-4-5-6-15-36-19-11-7-17(8-12-19)23(31)29-25(37)26-18-9-13-20(14-10-18)38(32,33)30-21-16-22(34-2)28-24(27-21)35-3/h7-14,16H,4-6,15H2,1-3H3,(H,27,28,30)(H2,26,29,31,37). The minimum Gasteiger partial charge on any atom is -0.494 e. The average Bonchev–Trinajstić information content (AvgIpc) is 2.91. The van der Waals surface area contributed by atoms with Gasteiger partial charge >= 0.3 is 6.01 Å². The zero-order chi connectivity index (χ0) is 27.5. The Kier molecular flexibility index (Phi) is 10.2. The molecule has 0 atom stereocenters. The van der Waals surface area contributed by atoms with Gasteiger partial charge in [0.05, 0.1) is 25.7 Å². The van der Waals surface area contributed by atoms with Crippen molar-refractivity contribution in [1.29, 1.82) is 0 Å². The number of aromatic nitrogens is 2. The Labute approximate surface area is 227 Å². The number of ether oxygens (including phenoxy) is 3. The van der Waals surface area contributed by atoms with Gasteiger partial charge in [0.25, 0.3) is 15.9 Å². The minimum atomic E-state index is -3.97. The topological polar surface area (TPSA) is 141 Å². The molecule has 3 rings (SSSR count). The fourth-order valence-electron chi connectivity index (χ4n) is 3.15. The van der Waals surface area contributed by atoms with Crippen LogP contribution in [-0.4, -0.2) is 50.2 Å². The van der Waals surface area contributed by atoms with Crippen LogP contribution in [0.25, 0.3) is 0 Å². The maximum absolute atomic E-state index is 12.8. The summed E-state index contributed by atoms with van der Waals surface area (Å²) in [5.74, 6) is 0.423. The molecule has 0 unspecified atom stereocenters. The summed E-state index contributed by atoms with van der Waals surface area (Å²) in [5, 5.41) is 5.51. The summed E-state index contributed by atoms with van der Waals surface area (Å²) in [4.78, 5) is 20.4. The van der Waals surface area contributed by atoms with Crippen LogP contribution >= 0.6 is 12.2 Å². The van der Waals surface area contributed by atoms with Crippen molar-refractivity contribution < 1.29 is 27.4 Å². The maximum atomic E-state index is 12.8. The first-order valence-corrected chi connectivity index (χ1v) is 13.6. The van der Waals surface area contributed by atoms with Crippen molar-refractivity contribution in [2.24, 2.45) is 0 Å². The molecule has 0 radical (unpaired) electrons. The molecule has 2 aromatic carbocycles. The molecule has 0 spiro atoms. The van der Waals surface area contributed by atoms with Gasteiger partial charge in [-0.25, -0.2) is 8.42 Å². The lowest BCUT2D eigenvalue weighted by atomic mass is 10.2. The molecule has 11 nitrogen and oxygen atoms in total. The van der Waals surface area contributed by atoms with Gasteiger partial charge in [0.2, 0.25) is 5.88 Å². The quantitative estimate of drug-likeness (QED) is 0.220. The Bertz CT molecular complexity index is 1330. The maximum Gasteiger partial charge on any atom is 0.321 e. The lowest BCUT2D eigenvalue weighted by Crippen LogP contribution is -2.34. The molecular weight excluding hydrogens is 530 g/mol. The van der Waals surface area contributed by atoms with E-state index in [1.807, 2.05) is 0 Å². The number of carbonyl (C=O) groups is 1. The second-order valence-electron chi connectivity index (χ2n) is 7.90. The number of carbonyl (C=O) groups excluding carboxylic acids is 1. The first-order valence-electron chi connectivity index (χ1n) is 11.7. The number of hydrogen-bond acceptors (Lipinski definition) is 9. The van der Waals surface area contributed by atoms with Gasteiger partial charge in [-0.15, -0.1) is 0 Å². The van der Waals surface area contributed by atoms with Crippen molar-refractivity contribution in [3.05, 3.63) is 60.2 Å². The van der Waals surface area contributed by atoms with Gasteiger partial charge in [-0.3, -0.25) is 14.8 Å². The number of nitrogens with zero attached hydrogens (tertiary/aromatic N) is 2. The minimum absolute atomic E-state index is 0.0177. The first kappa shape index (κ1) is 28.6. The lowest BCUT2D eigenvalue weighted by Gasteiger charge is -2.12.